The average molecular weight is 280 g/mol. The highest BCUT2D eigenvalue weighted by Crippen LogP contribution is 2.22. The van der Waals surface area contributed by atoms with Crippen molar-refractivity contribution in [2.24, 2.45) is 0 Å². The van der Waals surface area contributed by atoms with Crippen molar-refractivity contribution < 1.29 is 8.42 Å². The molecule has 0 amide bonds. The molecule has 0 heterocycles. The minimum absolute atomic E-state index is 0.160. The Kier molecular flexibility index (Phi) is 3.60. The first-order valence-corrected chi connectivity index (χ1v) is 8.46. The van der Waals surface area contributed by atoms with Crippen LogP contribution in [0, 0.1) is 0 Å². The Bertz CT molecular complexity index is 531. The summed E-state index contributed by atoms with van der Waals surface area (Å²) in [6, 6.07) is 8.12. The Labute approximate surface area is 114 Å². The SMILES string of the molecule is O=S(=O)(NC1CC1)c1ccc(CCNC2CC2)cc1. The quantitative estimate of drug-likeness (QED) is 0.794. The minimum atomic E-state index is -3.30. The van der Waals surface area contributed by atoms with Gasteiger partial charge in [0.1, 0.15) is 0 Å². The van der Waals surface area contributed by atoms with Crippen LogP contribution in [0.2, 0.25) is 0 Å². The second-order valence-corrected chi connectivity index (χ2v) is 7.23. The molecule has 0 atom stereocenters. The highest BCUT2D eigenvalue weighted by molar-refractivity contribution is 7.89. The summed E-state index contributed by atoms with van der Waals surface area (Å²) in [5, 5.41) is 3.45. The van der Waals surface area contributed by atoms with Crippen LogP contribution in [-0.2, 0) is 16.4 Å². The van der Waals surface area contributed by atoms with Crippen LogP contribution in [0.4, 0.5) is 0 Å². The number of sulfonamides is 1. The maximum Gasteiger partial charge on any atom is 0.240 e. The molecule has 3 rings (SSSR count). The number of hydrogen-bond donors (Lipinski definition) is 2. The van der Waals surface area contributed by atoms with Crippen molar-refractivity contribution in [2.45, 2.75) is 49.1 Å². The monoisotopic (exact) mass is 280 g/mol. The molecule has 4 nitrogen and oxygen atoms in total. The zero-order valence-corrected chi connectivity index (χ0v) is 11.7. The summed E-state index contributed by atoms with van der Waals surface area (Å²) < 4.78 is 26.7. The normalized spacial score (nSPS) is 19.6. The maximum absolute atomic E-state index is 12.0. The Balaban J connectivity index is 1.57. The molecule has 1 aromatic carbocycles. The molecular weight excluding hydrogens is 260 g/mol. The predicted molar refractivity (Wildman–Crippen MR) is 74.5 cm³/mol. The Hall–Kier alpha value is -0.910. The third-order valence-electron chi connectivity index (χ3n) is 3.56. The van der Waals surface area contributed by atoms with E-state index in [0.29, 0.717) is 4.90 Å². The lowest BCUT2D eigenvalue weighted by atomic mass is 10.1. The third-order valence-corrected chi connectivity index (χ3v) is 5.09. The van der Waals surface area contributed by atoms with E-state index in [2.05, 4.69) is 10.0 Å². The van der Waals surface area contributed by atoms with E-state index in [9.17, 15) is 8.42 Å². The van der Waals surface area contributed by atoms with E-state index >= 15 is 0 Å². The largest absolute Gasteiger partial charge is 0.314 e. The van der Waals surface area contributed by atoms with Crippen molar-refractivity contribution in [3.05, 3.63) is 29.8 Å². The van der Waals surface area contributed by atoms with Crippen LogP contribution in [0.3, 0.4) is 0 Å². The molecule has 104 valence electrons. The van der Waals surface area contributed by atoms with E-state index in [1.807, 2.05) is 12.1 Å². The highest BCUT2D eigenvalue weighted by Gasteiger charge is 2.27. The van der Waals surface area contributed by atoms with E-state index in [1.54, 1.807) is 12.1 Å². The zero-order valence-electron chi connectivity index (χ0n) is 10.9. The molecule has 2 aliphatic carbocycles. The third kappa shape index (κ3) is 3.78. The number of hydrogen-bond acceptors (Lipinski definition) is 3. The molecule has 5 heteroatoms. The Morgan fingerprint density at radius 2 is 1.63 bits per heavy atom. The fraction of sp³-hybridized carbons (Fsp3) is 0.571. The summed E-state index contributed by atoms with van der Waals surface area (Å²) in [6.45, 7) is 0.969. The lowest BCUT2D eigenvalue weighted by Gasteiger charge is -2.07. The molecule has 2 aliphatic rings. The Morgan fingerprint density at radius 3 is 2.21 bits per heavy atom. The van der Waals surface area contributed by atoms with Crippen LogP contribution in [0.1, 0.15) is 31.2 Å². The first-order chi connectivity index (χ1) is 9.13. The summed E-state index contributed by atoms with van der Waals surface area (Å²) in [5.74, 6) is 0. The van der Waals surface area contributed by atoms with E-state index in [4.69, 9.17) is 0 Å². The number of benzene rings is 1. The summed E-state index contributed by atoms with van der Waals surface area (Å²) in [5.41, 5.74) is 1.18. The number of rotatable bonds is 7. The van der Waals surface area contributed by atoms with Gasteiger partial charge >= 0.3 is 0 Å². The van der Waals surface area contributed by atoms with Gasteiger partial charge in [0, 0.05) is 12.1 Å². The molecule has 19 heavy (non-hydrogen) atoms. The van der Waals surface area contributed by atoms with Gasteiger partial charge in [-0.1, -0.05) is 12.1 Å². The van der Waals surface area contributed by atoms with Crippen molar-refractivity contribution in [3.63, 3.8) is 0 Å². The smallest absolute Gasteiger partial charge is 0.240 e. The second-order valence-electron chi connectivity index (χ2n) is 5.52. The number of nitrogens with one attached hydrogen (secondary N) is 2. The average Bonchev–Trinajstić information content (AvgIpc) is 3.25. The van der Waals surface area contributed by atoms with Crippen LogP contribution in [0.15, 0.2) is 29.2 Å². The van der Waals surface area contributed by atoms with Gasteiger partial charge in [0.05, 0.1) is 4.90 Å². The van der Waals surface area contributed by atoms with Gasteiger partial charge < -0.3 is 5.32 Å². The van der Waals surface area contributed by atoms with Crippen LogP contribution >= 0.6 is 0 Å². The minimum Gasteiger partial charge on any atom is -0.314 e. The van der Waals surface area contributed by atoms with Gasteiger partial charge in [-0.3, -0.25) is 0 Å². The zero-order chi connectivity index (χ0) is 13.3. The molecule has 2 N–H and O–H groups in total. The van der Waals surface area contributed by atoms with Gasteiger partial charge in [0.25, 0.3) is 0 Å². The van der Waals surface area contributed by atoms with Crippen molar-refractivity contribution in [3.8, 4) is 0 Å². The molecule has 0 saturated heterocycles. The molecule has 0 unspecified atom stereocenters. The molecular formula is C14H20N2O2S. The van der Waals surface area contributed by atoms with E-state index in [1.165, 1.54) is 18.4 Å². The van der Waals surface area contributed by atoms with Gasteiger partial charge in [-0.15, -0.1) is 0 Å². The van der Waals surface area contributed by atoms with Crippen molar-refractivity contribution in [2.75, 3.05) is 6.54 Å². The summed E-state index contributed by atoms with van der Waals surface area (Å²) in [7, 11) is -3.30. The summed E-state index contributed by atoms with van der Waals surface area (Å²) in [4.78, 5) is 0.373. The lowest BCUT2D eigenvalue weighted by molar-refractivity contribution is 0.581. The fourth-order valence-corrected chi connectivity index (χ4v) is 3.34. The van der Waals surface area contributed by atoms with Crippen molar-refractivity contribution in [1.82, 2.24) is 10.0 Å². The predicted octanol–water partition coefficient (Wildman–Crippen LogP) is 1.42. The van der Waals surface area contributed by atoms with Gasteiger partial charge in [0.2, 0.25) is 10.0 Å². The first kappa shape index (κ1) is 13.1. The summed E-state index contributed by atoms with van der Waals surface area (Å²) in [6.07, 6.45) is 5.47. The van der Waals surface area contributed by atoms with Crippen LogP contribution in [0.25, 0.3) is 0 Å². The van der Waals surface area contributed by atoms with Gasteiger partial charge in [-0.05, 0) is 56.3 Å². The summed E-state index contributed by atoms with van der Waals surface area (Å²) >= 11 is 0. The highest BCUT2D eigenvalue weighted by atomic mass is 32.2. The van der Waals surface area contributed by atoms with E-state index in [-0.39, 0.29) is 6.04 Å². The fourth-order valence-electron chi connectivity index (χ4n) is 2.03. The van der Waals surface area contributed by atoms with E-state index in [0.717, 1.165) is 31.8 Å². The van der Waals surface area contributed by atoms with Crippen molar-refractivity contribution in [1.29, 1.82) is 0 Å². The van der Waals surface area contributed by atoms with Gasteiger partial charge in [-0.25, -0.2) is 13.1 Å². The van der Waals surface area contributed by atoms with Gasteiger partial charge in [-0.2, -0.15) is 0 Å². The van der Waals surface area contributed by atoms with E-state index < -0.39 is 10.0 Å². The maximum atomic E-state index is 12.0. The molecule has 0 aromatic heterocycles. The van der Waals surface area contributed by atoms with Gasteiger partial charge in [0.15, 0.2) is 0 Å². The van der Waals surface area contributed by atoms with Crippen molar-refractivity contribution >= 4 is 10.0 Å². The Morgan fingerprint density at radius 1 is 1.00 bits per heavy atom. The molecule has 2 fully saturated rings. The van der Waals surface area contributed by atoms with Crippen LogP contribution < -0.4 is 10.0 Å². The lowest BCUT2D eigenvalue weighted by Crippen LogP contribution is -2.25. The van der Waals surface area contributed by atoms with Crippen LogP contribution in [0.5, 0.6) is 0 Å². The molecule has 0 aliphatic heterocycles. The molecule has 0 spiro atoms. The van der Waals surface area contributed by atoms with Crippen LogP contribution in [-0.4, -0.2) is 27.0 Å². The first-order valence-electron chi connectivity index (χ1n) is 6.98. The second kappa shape index (κ2) is 5.23. The standard InChI is InChI=1S/C14H20N2O2S/c17-19(18,16-13-5-6-13)14-7-1-11(2-8-14)9-10-15-12-3-4-12/h1-2,7-8,12-13,15-16H,3-6,9-10H2. The molecule has 0 bridgehead atoms. The molecule has 2 saturated carbocycles. The molecule has 0 radical (unpaired) electrons. The molecule has 1 aromatic rings. The topological polar surface area (TPSA) is 58.2 Å².